The van der Waals surface area contributed by atoms with Crippen LogP contribution < -0.4 is 4.74 Å². The van der Waals surface area contributed by atoms with Crippen molar-refractivity contribution in [3.63, 3.8) is 0 Å². The quantitative estimate of drug-likeness (QED) is 0.401. The highest BCUT2D eigenvalue weighted by atomic mass is 35.5. The van der Waals surface area contributed by atoms with E-state index in [1.807, 2.05) is 0 Å². The number of esters is 1. The Bertz CT molecular complexity index is 706. The van der Waals surface area contributed by atoms with Gasteiger partial charge < -0.3 is 4.74 Å². The van der Waals surface area contributed by atoms with E-state index >= 15 is 0 Å². The molecule has 0 saturated heterocycles. The molecule has 2 aromatic carbocycles. The Morgan fingerprint density at radius 1 is 1.05 bits per heavy atom. The van der Waals surface area contributed by atoms with Crippen molar-refractivity contribution in [3.8, 4) is 16.9 Å². The molecule has 0 radical (unpaired) electrons. The van der Waals surface area contributed by atoms with Gasteiger partial charge in [-0.25, -0.2) is 4.79 Å². The molecule has 0 amide bonds. The van der Waals surface area contributed by atoms with Crippen LogP contribution in [0.2, 0.25) is 15.1 Å². The number of halogens is 3. The molecule has 0 atom stereocenters. The third-order valence-corrected chi connectivity index (χ3v) is 3.46. The molecule has 0 unspecified atom stereocenters. The van der Waals surface area contributed by atoms with Crippen LogP contribution in [-0.2, 0) is 4.79 Å². The number of ether oxygens (including phenoxy) is 1. The molecule has 0 N–H and O–H groups in total. The lowest BCUT2D eigenvalue weighted by Gasteiger charge is -2.13. The minimum absolute atomic E-state index is 0.247. The third-order valence-electron chi connectivity index (χ3n) is 2.71. The van der Waals surface area contributed by atoms with Gasteiger partial charge in [0.05, 0.1) is 5.02 Å². The second-order valence-electron chi connectivity index (χ2n) is 4.44. The third kappa shape index (κ3) is 3.79. The van der Waals surface area contributed by atoms with E-state index in [0.717, 1.165) is 5.56 Å². The Morgan fingerprint density at radius 2 is 1.67 bits per heavy atom. The first-order chi connectivity index (χ1) is 9.88. The van der Waals surface area contributed by atoms with E-state index in [1.165, 1.54) is 6.07 Å². The van der Waals surface area contributed by atoms with Crippen LogP contribution in [0.1, 0.15) is 6.92 Å². The molecule has 0 bridgehead atoms. The van der Waals surface area contributed by atoms with E-state index in [2.05, 4.69) is 6.58 Å². The molecule has 2 nitrogen and oxygen atoms in total. The van der Waals surface area contributed by atoms with Gasteiger partial charge in [0.1, 0.15) is 0 Å². The van der Waals surface area contributed by atoms with Crippen LogP contribution in [0.5, 0.6) is 5.75 Å². The zero-order valence-corrected chi connectivity index (χ0v) is 13.4. The summed E-state index contributed by atoms with van der Waals surface area (Å²) in [7, 11) is 0. The van der Waals surface area contributed by atoms with Crippen LogP contribution in [0.15, 0.2) is 48.6 Å². The number of hydrogen-bond donors (Lipinski definition) is 0. The standard InChI is InChI=1S/C16H11Cl3O2/c1-9(2)16(20)21-15-13(7-12(18)8-14(15)19)10-3-5-11(17)6-4-10/h3-8H,1H2,2H3. The van der Waals surface area contributed by atoms with Crippen molar-refractivity contribution in [2.45, 2.75) is 6.92 Å². The van der Waals surface area contributed by atoms with Gasteiger partial charge in [0.2, 0.25) is 0 Å². The summed E-state index contributed by atoms with van der Waals surface area (Å²) in [6.45, 7) is 5.11. The minimum atomic E-state index is -0.547. The highest BCUT2D eigenvalue weighted by Crippen LogP contribution is 2.39. The lowest BCUT2D eigenvalue weighted by atomic mass is 10.0. The fraction of sp³-hybridized carbons (Fsp3) is 0.0625. The number of hydrogen-bond acceptors (Lipinski definition) is 2. The van der Waals surface area contributed by atoms with Gasteiger partial charge in [-0.2, -0.15) is 0 Å². The van der Waals surface area contributed by atoms with Gasteiger partial charge in [-0.15, -0.1) is 0 Å². The highest BCUT2D eigenvalue weighted by Gasteiger charge is 2.16. The van der Waals surface area contributed by atoms with Crippen molar-refractivity contribution >= 4 is 40.8 Å². The van der Waals surface area contributed by atoms with Crippen molar-refractivity contribution < 1.29 is 9.53 Å². The summed E-state index contributed by atoms with van der Waals surface area (Å²) in [5.74, 6) is -0.300. The zero-order valence-electron chi connectivity index (χ0n) is 11.1. The zero-order chi connectivity index (χ0) is 15.6. The number of carbonyl (C=O) groups excluding carboxylic acids is 1. The van der Waals surface area contributed by atoms with Crippen molar-refractivity contribution in [2.24, 2.45) is 0 Å². The summed E-state index contributed by atoms with van der Waals surface area (Å²) in [6.07, 6.45) is 0. The fourth-order valence-electron chi connectivity index (χ4n) is 1.69. The predicted molar refractivity (Wildman–Crippen MR) is 87.4 cm³/mol. The van der Waals surface area contributed by atoms with Crippen LogP contribution in [0.25, 0.3) is 11.1 Å². The molecule has 0 spiro atoms. The Balaban J connectivity index is 2.55. The SMILES string of the molecule is C=C(C)C(=O)Oc1c(Cl)cc(Cl)cc1-c1ccc(Cl)cc1. The van der Waals surface area contributed by atoms with Gasteiger partial charge >= 0.3 is 5.97 Å². The van der Waals surface area contributed by atoms with Crippen LogP contribution in [0.4, 0.5) is 0 Å². The number of carbonyl (C=O) groups is 1. The van der Waals surface area contributed by atoms with Crippen molar-refractivity contribution in [1.29, 1.82) is 0 Å². The van der Waals surface area contributed by atoms with Gasteiger partial charge in [0, 0.05) is 21.2 Å². The highest BCUT2D eigenvalue weighted by molar-refractivity contribution is 6.36. The average molecular weight is 342 g/mol. The van der Waals surface area contributed by atoms with E-state index in [9.17, 15) is 4.79 Å². The summed E-state index contributed by atoms with van der Waals surface area (Å²) in [4.78, 5) is 11.8. The van der Waals surface area contributed by atoms with Crippen molar-refractivity contribution in [2.75, 3.05) is 0 Å². The fourth-order valence-corrected chi connectivity index (χ4v) is 2.35. The lowest BCUT2D eigenvalue weighted by molar-refractivity contribution is -0.130. The first-order valence-corrected chi connectivity index (χ1v) is 7.14. The van der Waals surface area contributed by atoms with Crippen molar-refractivity contribution in [3.05, 3.63) is 63.6 Å². The molecule has 0 fully saturated rings. The number of rotatable bonds is 3. The number of benzene rings is 2. The molecule has 2 aromatic rings. The van der Waals surface area contributed by atoms with E-state index in [4.69, 9.17) is 39.5 Å². The second kappa shape index (κ2) is 6.52. The molecule has 5 heteroatoms. The summed E-state index contributed by atoms with van der Waals surface area (Å²) in [5.41, 5.74) is 1.68. The maximum Gasteiger partial charge on any atom is 0.338 e. The topological polar surface area (TPSA) is 26.3 Å². The van der Waals surface area contributed by atoms with E-state index in [0.29, 0.717) is 15.6 Å². The average Bonchev–Trinajstić information content (AvgIpc) is 2.42. The van der Waals surface area contributed by atoms with Crippen LogP contribution in [0.3, 0.4) is 0 Å². The van der Waals surface area contributed by atoms with E-state index < -0.39 is 5.97 Å². The maximum absolute atomic E-state index is 11.8. The molecule has 0 aromatic heterocycles. The largest absolute Gasteiger partial charge is 0.421 e. The first-order valence-electron chi connectivity index (χ1n) is 6.01. The molecule has 0 aliphatic rings. The smallest absolute Gasteiger partial charge is 0.338 e. The Labute approximate surface area is 137 Å². The predicted octanol–water partition coefficient (Wildman–Crippen LogP) is 5.80. The summed E-state index contributed by atoms with van der Waals surface area (Å²) in [6, 6.07) is 10.2. The van der Waals surface area contributed by atoms with Crippen LogP contribution in [0, 0.1) is 0 Å². The van der Waals surface area contributed by atoms with Crippen LogP contribution in [-0.4, -0.2) is 5.97 Å². The molecule has 0 saturated carbocycles. The van der Waals surface area contributed by atoms with Crippen LogP contribution >= 0.6 is 34.8 Å². The van der Waals surface area contributed by atoms with Gasteiger partial charge in [-0.05, 0) is 36.8 Å². The summed E-state index contributed by atoms with van der Waals surface area (Å²) in [5, 5.41) is 1.30. The lowest BCUT2D eigenvalue weighted by Crippen LogP contribution is -2.09. The molecule has 0 heterocycles. The normalized spacial score (nSPS) is 10.3. The van der Waals surface area contributed by atoms with Gasteiger partial charge in [-0.1, -0.05) is 53.5 Å². The molecular formula is C16H11Cl3O2. The van der Waals surface area contributed by atoms with E-state index in [-0.39, 0.29) is 16.3 Å². The Kier molecular flexibility index (Phi) is 4.94. The van der Waals surface area contributed by atoms with Gasteiger partial charge in [-0.3, -0.25) is 0 Å². The van der Waals surface area contributed by atoms with E-state index in [1.54, 1.807) is 37.3 Å². The monoisotopic (exact) mass is 340 g/mol. The van der Waals surface area contributed by atoms with Gasteiger partial charge in [0.15, 0.2) is 5.75 Å². The molecule has 108 valence electrons. The molecule has 0 aliphatic carbocycles. The molecular weight excluding hydrogens is 331 g/mol. The summed E-state index contributed by atoms with van der Waals surface area (Å²) < 4.78 is 5.32. The molecule has 2 rings (SSSR count). The Morgan fingerprint density at radius 3 is 2.24 bits per heavy atom. The molecule has 0 aliphatic heterocycles. The summed E-state index contributed by atoms with van der Waals surface area (Å²) >= 11 is 18.1. The molecule has 21 heavy (non-hydrogen) atoms. The second-order valence-corrected chi connectivity index (χ2v) is 5.72. The maximum atomic E-state index is 11.8. The van der Waals surface area contributed by atoms with Crippen molar-refractivity contribution in [1.82, 2.24) is 0 Å². The minimum Gasteiger partial charge on any atom is -0.421 e. The van der Waals surface area contributed by atoms with Gasteiger partial charge in [0.25, 0.3) is 0 Å². The Hall–Kier alpha value is -1.48. The first kappa shape index (κ1) is 15.9.